The first-order valence-electron chi connectivity index (χ1n) is 17.6. The summed E-state index contributed by atoms with van der Waals surface area (Å²) in [5.41, 5.74) is 10.6. The molecule has 52 heavy (non-hydrogen) atoms. The van der Waals surface area contributed by atoms with Crippen molar-refractivity contribution in [3.8, 4) is 16.8 Å². The zero-order chi connectivity index (χ0) is 34.2. The lowest BCUT2D eigenvalue weighted by atomic mass is 9.95. The van der Waals surface area contributed by atoms with Gasteiger partial charge in [0.25, 0.3) is 0 Å². The Balaban J connectivity index is 1.02. The van der Waals surface area contributed by atoms with Crippen LogP contribution in [0.2, 0.25) is 0 Å². The van der Waals surface area contributed by atoms with E-state index in [1.807, 2.05) is 22.7 Å². The molecular weight excluding hydrogens is 669 g/mol. The van der Waals surface area contributed by atoms with Gasteiger partial charge < -0.3 is 9.88 Å². The van der Waals surface area contributed by atoms with E-state index in [2.05, 4.69) is 186 Å². The summed E-state index contributed by atoms with van der Waals surface area (Å²) in [7, 11) is 0. The number of thiophene rings is 2. The average Bonchev–Trinajstić information content (AvgIpc) is 3.84. The summed E-state index contributed by atoms with van der Waals surface area (Å²) in [6.45, 7) is 0. The zero-order valence-corrected chi connectivity index (χ0v) is 29.6. The van der Waals surface area contributed by atoms with Gasteiger partial charge in [-0.3, -0.25) is 0 Å². The number of aromatic nitrogens is 1. The number of para-hydroxylation sites is 1. The van der Waals surface area contributed by atoms with E-state index in [9.17, 15) is 0 Å². The van der Waals surface area contributed by atoms with Crippen molar-refractivity contribution in [2.75, 3.05) is 5.32 Å². The van der Waals surface area contributed by atoms with Gasteiger partial charge in [0.2, 0.25) is 0 Å². The maximum atomic E-state index is 3.65. The van der Waals surface area contributed by atoms with Crippen LogP contribution < -0.4 is 5.32 Å². The van der Waals surface area contributed by atoms with Crippen LogP contribution in [-0.2, 0) is 0 Å². The van der Waals surface area contributed by atoms with Gasteiger partial charge in [-0.25, -0.2) is 0 Å². The van der Waals surface area contributed by atoms with Crippen molar-refractivity contribution in [2.45, 2.75) is 0 Å². The minimum absolute atomic E-state index is 1.10. The number of benzene rings is 7. The monoisotopic (exact) mass is 698 g/mol. The van der Waals surface area contributed by atoms with Crippen LogP contribution in [0.1, 0.15) is 11.1 Å². The third-order valence-corrected chi connectivity index (χ3v) is 12.7. The summed E-state index contributed by atoms with van der Waals surface area (Å²) in [6, 6.07) is 53.4. The first-order chi connectivity index (χ1) is 25.8. The first-order valence-corrected chi connectivity index (χ1v) is 19.2. The molecule has 1 N–H and O–H groups in total. The molecule has 0 radical (unpaired) electrons. The van der Waals surface area contributed by atoms with Crippen LogP contribution in [0.15, 0.2) is 170 Å². The highest BCUT2D eigenvalue weighted by atomic mass is 32.1. The van der Waals surface area contributed by atoms with Crippen molar-refractivity contribution in [3.05, 3.63) is 181 Å². The Morgan fingerprint density at radius 1 is 0.462 bits per heavy atom. The fourth-order valence-corrected chi connectivity index (χ4v) is 10.2. The van der Waals surface area contributed by atoms with Gasteiger partial charge in [0.05, 0.1) is 11.0 Å². The molecular formula is C48H30N2S2. The highest BCUT2D eigenvalue weighted by molar-refractivity contribution is 7.26. The van der Waals surface area contributed by atoms with Crippen LogP contribution in [0.4, 0.5) is 5.69 Å². The molecule has 3 aromatic heterocycles. The highest BCUT2D eigenvalue weighted by Crippen LogP contribution is 2.43. The minimum atomic E-state index is 1.10. The van der Waals surface area contributed by atoms with Gasteiger partial charge in [0, 0.05) is 74.3 Å². The van der Waals surface area contributed by atoms with Crippen molar-refractivity contribution in [1.82, 2.24) is 4.57 Å². The molecule has 10 aromatic rings. The smallest absolute Gasteiger partial charge is 0.0548 e. The van der Waals surface area contributed by atoms with Gasteiger partial charge in [-0.1, -0.05) is 109 Å². The first kappa shape index (κ1) is 29.5. The summed E-state index contributed by atoms with van der Waals surface area (Å²) in [5, 5.41) is 11.5. The van der Waals surface area contributed by atoms with Crippen LogP contribution in [0, 0.1) is 0 Å². The molecule has 0 saturated heterocycles. The van der Waals surface area contributed by atoms with E-state index in [-0.39, 0.29) is 0 Å². The second kappa shape index (κ2) is 11.7. The van der Waals surface area contributed by atoms with E-state index < -0.39 is 0 Å². The molecule has 1 aliphatic heterocycles. The molecule has 1 aliphatic rings. The number of nitrogens with one attached hydrogen (secondary N) is 1. The number of anilines is 1. The fourth-order valence-electron chi connectivity index (χ4n) is 7.99. The molecule has 0 spiro atoms. The normalized spacial score (nSPS) is 15.3. The molecule has 4 heteroatoms. The average molecular weight is 699 g/mol. The number of nitrogens with zero attached hydrogens (tertiary/aromatic N) is 1. The molecule has 244 valence electrons. The molecule has 7 aromatic carbocycles. The van der Waals surface area contributed by atoms with Gasteiger partial charge >= 0.3 is 0 Å². The zero-order valence-electron chi connectivity index (χ0n) is 28.0. The summed E-state index contributed by atoms with van der Waals surface area (Å²) >= 11 is 3.74. The standard InChI is InChI=1S/C48H30N2S2/c1-2-12-34-32(10-1)20-19-30(11-9-25-49-42-26-40-36-14-4-7-17-45(36)51-47(40)28-38(34)42)31-21-23-33(24-22-31)50-43-16-6-3-13-35(43)39-29-48-41(27-44(39)50)37-15-5-8-18-46(37)52-48/h1-29,49H/b20-19-,25-9+,30-11+. The van der Waals surface area contributed by atoms with Gasteiger partial charge in [0.15, 0.2) is 0 Å². The number of hydrogen-bond donors (Lipinski definition) is 1. The molecule has 11 rings (SSSR count). The third kappa shape index (κ3) is 4.62. The van der Waals surface area contributed by atoms with Gasteiger partial charge in [0.1, 0.15) is 0 Å². The van der Waals surface area contributed by atoms with Crippen molar-refractivity contribution in [3.63, 3.8) is 0 Å². The summed E-state index contributed by atoms with van der Waals surface area (Å²) in [4.78, 5) is 0. The number of hydrogen-bond acceptors (Lipinski definition) is 3. The maximum Gasteiger partial charge on any atom is 0.0548 e. The van der Waals surface area contributed by atoms with Crippen LogP contribution in [0.3, 0.4) is 0 Å². The number of fused-ring (bicyclic) bond motifs is 12. The Morgan fingerprint density at radius 3 is 1.94 bits per heavy atom. The molecule has 0 saturated carbocycles. The Morgan fingerprint density at radius 2 is 1.13 bits per heavy atom. The Labute approximate surface area is 308 Å². The summed E-state index contributed by atoms with van der Waals surface area (Å²) < 4.78 is 7.70. The van der Waals surface area contributed by atoms with E-state index in [4.69, 9.17) is 0 Å². The largest absolute Gasteiger partial charge is 0.361 e. The lowest BCUT2D eigenvalue weighted by molar-refractivity contribution is 1.18. The number of rotatable bonds is 2. The summed E-state index contributed by atoms with van der Waals surface area (Å²) in [6.07, 6.45) is 10.9. The molecule has 0 amide bonds. The quantitative estimate of drug-likeness (QED) is 0.190. The van der Waals surface area contributed by atoms with Crippen molar-refractivity contribution >= 4 is 102 Å². The molecule has 0 atom stereocenters. The van der Waals surface area contributed by atoms with Crippen LogP contribution in [-0.4, -0.2) is 4.57 Å². The predicted octanol–water partition coefficient (Wildman–Crippen LogP) is 14.2. The molecule has 0 unspecified atom stereocenters. The van der Waals surface area contributed by atoms with E-state index >= 15 is 0 Å². The topological polar surface area (TPSA) is 17.0 Å². The van der Waals surface area contributed by atoms with E-state index in [1.165, 1.54) is 78.8 Å². The van der Waals surface area contributed by atoms with E-state index in [0.29, 0.717) is 0 Å². The lowest BCUT2D eigenvalue weighted by Crippen LogP contribution is -1.94. The molecule has 0 fully saturated rings. The molecule has 0 bridgehead atoms. The van der Waals surface area contributed by atoms with Crippen LogP contribution in [0.5, 0.6) is 0 Å². The molecule has 0 aliphatic carbocycles. The maximum absolute atomic E-state index is 3.65. The lowest BCUT2D eigenvalue weighted by Gasteiger charge is -2.13. The SMILES string of the molecule is C1=C/c2ccccc2-c2cc3sc4ccccc4c3cc2N/C=C/C=C\1c1ccc(-n2c3ccccc3c3cc4sc5ccccc5c4cc32)cc1. The summed E-state index contributed by atoms with van der Waals surface area (Å²) in [5.74, 6) is 0. The minimum Gasteiger partial charge on any atom is -0.361 e. The van der Waals surface area contributed by atoms with Crippen molar-refractivity contribution < 1.29 is 0 Å². The molecule has 4 heterocycles. The van der Waals surface area contributed by atoms with Crippen molar-refractivity contribution in [1.29, 1.82) is 0 Å². The fraction of sp³-hybridized carbons (Fsp3) is 0. The Bertz CT molecular complexity index is 3150. The van der Waals surface area contributed by atoms with E-state index in [0.717, 1.165) is 22.5 Å². The van der Waals surface area contributed by atoms with Crippen molar-refractivity contribution in [2.24, 2.45) is 0 Å². The Hall–Kier alpha value is -6.20. The predicted molar refractivity (Wildman–Crippen MR) is 228 cm³/mol. The molecule has 2 nitrogen and oxygen atoms in total. The second-order valence-electron chi connectivity index (χ2n) is 13.4. The van der Waals surface area contributed by atoms with E-state index in [1.54, 1.807) is 0 Å². The highest BCUT2D eigenvalue weighted by Gasteiger charge is 2.17. The second-order valence-corrected chi connectivity index (χ2v) is 15.6. The van der Waals surface area contributed by atoms with Gasteiger partial charge in [-0.15, -0.1) is 22.7 Å². The number of allylic oxidation sites excluding steroid dienone is 4. The van der Waals surface area contributed by atoms with Gasteiger partial charge in [-0.2, -0.15) is 0 Å². The third-order valence-electron chi connectivity index (χ3n) is 10.5. The van der Waals surface area contributed by atoms with Crippen LogP contribution in [0.25, 0.3) is 90.6 Å². The Kier molecular flexibility index (Phi) is 6.63. The van der Waals surface area contributed by atoms with Gasteiger partial charge in [-0.05, 0) is 82.9 Å². The van der Waals surface area contributed by atoms with Crippen LogP contribution >= 0.6 is 22.7 Å².